The Morgan fingerprint density at radius 2 is 1.46 bits per heavy atom. The van der Waals surface area contributed by atoms with Gasteiger partial charge in [-0.25, -0.2) is 8.42 Å². The van der Waals surface area contributed by atoms with Gasteiger partial charge in [0.15, 0.2) is 0 Å². The Bertz CT molecular complexity index is 1380. The predicted molar refractivity (Wildman–Crippen MR) is 157 cm³/mol. The van der Waals surface area contributed by atoms with Gasteiger partial charge in [-0.3, -0.25) is 13.9 Å². The molecule has 0 aliphatic carbocycles. The maximum atomic E-state index is 13.9. The number of carbonyl (C=O) groups is 2. The number of sulfonamides is 1. The average Bonchev–Trinajstić information content (AvgIpc) is 2.91. The lowest BCUT2D eigenvalue weighted by Crippen LogP contribution is -2.52. The third-order valence-corrected chi connectivity index (χ3v) is 8.73. The van der Waals surface area contributed by atoms with Gasteiger partial charge in [-0.2, -0.15) is 0 Å². The highest BCUT2D eigenvalue weighted by Crippen LogP contribution is 2.28. The number of aryl methyl sites for hydroxylation is 1. The molecule has 1 atom stereocenters. The van der Waals surface area contributed by atoms with Crippen molar-refractivity contribution in [2.45, 2.75) is 57.6 Å². The Hall–Kier alpha value is -3.07. The minimum Gasteiger partial charge on any atom is -0.352 e. The van der Waals surface area contributed by atoms with Gasteiger partial charge in [0.2, 0.25) is 11.8 Å². The van der Waals surface area contributed by atoms with Crippen LogP contribution in [0.3, 0.4) is 0 Å². The van der Waals surface area contributed by atoms with Crippen LogP contribution in [0, 0.1) is 0 Å². The van der Waals surface area contributed by atoms with Crippen LogP contribution in [0.4, 0.5) is 5.69 Å². The van der Waals surface area contributed by atoms with Gasteiger partial charge in [-0.05, 0) is 69.2 Å². The highest BCUT2D eigenvalue weighted by molar-refractivity contribution is 7.92. The summed E-state index contributed by atoms with van der Waals surface area (Å²) in [6, 6.07) is 18.8. The van der Waals surface area contributed by atoms with Crippen molar-refractivity contribution in [3.8, 4) is 0 Å². The van der Waals surface area contributed by atoms with Gasteiger partial charge in [0, 0.05) is 28.2 Å². The minimum absolute atomic E-state index is 0.0451. The quantitative estimate of drug-likeness (QED) is 0.311. The van der Waals surface area contributed by atoms with Crippen LogP contribution in [-0.2, 0) is 32.6 Å². The first kappa shape index (κ1) is 30.5. The maximum Gasteiger partial charge on any atom is 0.264 e. The molecule has 10 heteroatoms. The number of anilines is 1. The number of nitrogens with one attached hydrogen (secondary N) is 1. The van der Waals surface area contributed by atoms with Crippen LogP contribution in [0.2, 0.25) is 10.0 Å². The molecule has 2 amide bonds. The highest BCUT2D eigenvalue weighted by Gasteiger charge is 2.33. The minimum atomic E-state index is -4.12. The molecule has 0 radical (unpaired) electrons. The zero-order chi connectivity index (χ0) is 28.7. The van der Waals surface area contributed by atoms with Crippen LogP contribution in [0.5, 0.6) is 0 Å². The van der Waals surface area contributed by atoms with Crippen LogP contribution >= 0.6 is 23.2 Å². The monoisotopic (exact) mass is 589 g/mol. The molecule has 0 aromatic heterocycles. The first-order chi connectivity index (χ1) is 18.4. The fourth-order valence-electron chi connectivity index (χ4n) is 3.99. The molecule has 0 heterocycles. The Balaban J connectivity index is 2.06. The second kappa shape index (κ2) is 13.3. The number of halogens is 2. The highest BCUT2D eigenvalue weighted by atomic mass is 35.5. The van der Waals surface area contributed by atoms with Crippen LogP contribution in [0.25, 0.3) is 0 Å². The average molecular weight is 591 g/mol. The van der Waals surface area contributed by atoms with Crippen molar-refractivity contribution in [3.05, 3.63) is 94.0 Å². The number of hydrogen-bond donors (Lipinski definition) is 1. The molecule has 0 aliphatic rings. The van der Waals surface area contributed by atoms with E-state index in [1.807, 2.05) is 32.9 Å². The molecule has 208 valence electrons. The summed E-state index contributed by atoms with van der Waals surface area (Å²) in [5.41, 5.74) is 1.82. The second-order valence-corrected chi connectivity index (χ2v) is 12.1. The lowest BCUT2D eigenvalue weighted by Gasteiger charge is -2.32. The molecule has 7 nitrogen and oxygen atoms in total. The van der Waals surface area contributed by atoms with Crippen LogP contribution in [0.15, 0.2) is 77.7 Å². The lowest BCUT2D eigenvalue weighted by molar-refractivity contribution is -0.139. The number of amides is 2. The summed E-state index contributed by atoms with van der Waals surface area (Å²) >= 11 is 12.8. The molecule has 0 spiro atoms. The summed E-state index contributed by atoms with van der Waals surface area (Å²) in [5.74, 6) is -0.970. The fourth-order valence-corrected chi connectivity index (χ4v) is 5.94. The Labute approximate surface area is 240 Å². The summed E-state index contributed by atoms with van der Waals surface area (Å²) in [6.07, 6.45) is 0.777. The van der Waals surface area contributed by atoms with E-state index in [0.29, 0.717) is 21.3 Å². The first-order valence-corrected chi connectivity index (χ1v) is 14.8. The van der Waals surface area contributed by atoms with Gasteiger partial charge >= 0.3 is 0 Å². The molecule has 3 aromatic carbocycles. The van der Waals surface area contributed by atoms with Gasteiger partial charge < -0.3 is 10.2 Å². The number of benzene rings is 3. The van der Waals surface area contributed by atoms with E-state index < -0.39 is 28.5 Å². The summed E-state index contributed by atoms with van der Waals surface area (Å²) in [7, 11) is -4.12. The van der Waals surface area contributed by atoms with Crippen LogP contribution in [0.1, 0.15) is 38.8 Å². The molecule has 39 heavy (non-hydrogen) atoms. The number of rotatable bonds is 11. The Morgan fingerprint density at radius 1 is 0.872 bits per heavy atom. The third-order valence-electron chi connectivity index (χ3n) is 6.23. The normalized spacial score (nSPS) is 12.2. The Kier molecular flexibility index (Phi) is 10.4. The fraction of sp³-hybridized carbons (Fsp3) is 0.310. The van der Waals surface area contributed by atoms with E-state index in [0.717, 1.165) is 16.3 Å². The van der Waals surface area contributed by atoms with E-state index in [4.69, 9.17) is 23.2 Å². The summed E-state index contributed by atoms with van der Waals surface area (Å²) in [6.45, 7) is 6.60. The van der Waals surface area contributed by atoms with Crippen LogP contribution in [-0.4, -0.2) is 43.8 Å². The smallest absolute Gasteiger partial charge is 0.264 e. The summed E-state index contributed by atoms with van der Waals surface area (Å²) in [5, 5.41) is 3.48. The summed E-state index contributed by atoms with van der Waals surface area (Å²) < 4.78 is 28.7. The van der Waals surface area contributed by atoms with Crippen LogP contribution < -0.4 is 9.62 Å². The standard InChI is InChI=1S/C29H33Cl2N3O4S/c1-5-22-14-16-23(17-15-22)34(39(37,38)24-10-7-6-8-11-24)19-28(35)33(21(4)29(36)32-20(2)3)18-25-26(30)12-9-13-27(25)31/h6-17,20-21H,5,18-19H2,1-4H3,(H,32,36)/t21-/m0/s1. The van der Waals surface area contributed by atoms with E-state index in [-0.39, 0.29) is 23.4 Å². The van der Waals surface area contributed by atoms with Gasteiger partial charge in [-0.1, -0.05) is 66.5 Å². The molecule has 0 saturated heterocycles. The van der Waals surface area contributed by atoms with E-state index >= 15 is 0 Å². The molecule has 0 saturated carbocycles. The maximum absolute atomic E-state index is 13.9. The molecular weight excluding hydrogens is 557 g/mol. The zero-order valence-electron chi connectivity index (χ0n) is 22.4. The largest absolute Gasteiger partial charge is 0.352 e. The third kappa shape index (κ3) is 7.53. The van der Waals surface area contributed by atoms with E-state index in [1.165, 1.54) is 17.0 Å². The van der Waals surface area contributed by atoms with Crippen molar-refractivity contribution >= 4 is 50.7 Å². The summed E-state index contributed by atoms with van der Waals surface area (Å²) in [4.78, 5) is 28.3. The van der Waals surface area contributed by atoms with Crippen molar-refractivity contribution in [1.29, 1.82) is 0 Å². The van der Waals surface area contributed by atoms with Crippen molar-refractivity contribution in [2.24, 2.45) is 0 Å². The second-order valence-electron chi connectivity index (χ2n) is 9.41. The number of hydrogen-bond acceptors (Lipinski definition) is 4. The van der Waals surface area contributed by atoms with Crippen molar-refractivity contribution in [1.82, 2.24) is 10.2 Å². The molecule has 0 bridgehead atoms. The van der Waals surface area contributed by atoms with E-state index in [1.54, 1.807) is 55.5 Å². The molecule has 0 unspecified atom stereocenters. The van der Waals surface area contributed by atoms with Gasteiger partial charge in [0.1, 0.15) is 12.6 Å². The predicted octanol–water partition coefficient (Wildman–Crippen LogP) is 5.69. The van der Waals surface area contributed by atoms with Crippen molar-refractivity contribution < 1.29 is 18.0 Å². The first-order valence-electron chi connectivity index (χ1n) is 12.6. The molecule has 3 aromatic rings. The van der Waals surface area contributed by atoms with E-state index in [2.05, 4.69) is 5.32 Å². The Morgan fingerprint density at radius 3 is 2.00 bits per heavy atom. The topological polar surface area (TPSA) is 86.8 Å². The number of nitrogens with zero attached hydrogens (tertiary/aromatic N) is 2. The lowest BCUT2D eigenvalue weighted by atomic mass is 10.1. The zero-order valence-corrected chi connectivity index (χ0v) is 24.7. The van der Waals surface area contributed by atoms with Gasteiger partial charge in [-0.15, -0.1) is 0 Å². The molecule has 0 fully saturated rings. The molecule has 0 aliphatic heterocycles. The molecular formula is C29H33Cl2N3O4S. The van der Waals surface area contributed by atoms with Gasteiger partial charge in [0.05, 0.1) is 10.6 Å². The van der Waals surface area contributed by atoms with Crippen molar-refractivity contribution in [3.63, 3.8) is 0 Å². The molecule has 3 rings (SSSR count). The van der Waals surface area contributed by atoms with Crippen molar-refractivity contribution in [2.75, 3.05) is 10.8 Å². The van der Waals surface area contributed by atoms with E-state index in [9.17, 15) is 18.0 Å². The number of carbonyl (C=O) groups excluding carboxylic acids is 2. The van der Waals surface area contributed by atoms with Gasteiger partial charge in [0.25, 0.3) is 10.0 Å². The SMILES string of the molecule is CCc1ccc(N(CC(=O)N(Cc2c(Cl)cccc2Cl)[C@@H](C)C(=O)NC(C)C)S(=O)(=O)c2ccccc2)cc1. The molecule has 1 N–H and O–H groups in total.